The molecule has 0 unspecified atom stereocenters. The fourth-order valence-corrected chi connectivity index (χ4v) is 5.79. The smallest absolute Gasteiger partial charge is 0.0657 e. The Hall–Kier alpha value is -0.0800. The highest BCUT2D eigenvalue weighted by Gasteiger charge is 2.54. The van der Waals surface area contributed by atoms with E-state index in [4.69, 9.17) is 0 Å². The first-order valence-electron chi connectivity index (χ1n) is 8.20. The van der Waals surface area contributed by atoms with E-state index in [1.54, 1.807) is 0 Å². The lowest BCUT2D eigenvalue weighted by atomic mass is 9.52. The summed E-state index contributed by atoms with van der Waals surface area (Å²) in [6.07, 6.45) is 13.1. The van der Waals surface area contributed by atoms with Gasteiger partial charge in [-0.2, -0.15) is 0 Å². The van der Waals surface area contributed by atoms with Gasteiger partial charge < -0.3 is 10.4 Å². The Morgan fingerprint density at radius 2 is 1.56 bits per heavy atom. The zero-order valence-electron chi connectivity index (χ0n) is 11.4. The molecule has 0 amide bonds. The first kappa shape index (κ1) is 11.7. The van der Waals surface area contributed by atoms with Crippen LogP contribution >= 0.6 is 0 Å². The van der Waals surface area contributed by atoms with E-state index in [9.17, 15) is 5.11 Å². The molecule has 18 heavy (non-hydrogen) atoms. The number of nitrogens with one attached hydrogen (secondary N) is 1. The minimum Gasteiger partial charge on any atom is -0.390 e. The van der Waals surface area contributed by atoms with Crippen LogP contribution in [0.4, 0.5) is 0 Å². The Bertz CT molecular complexity index is 307. The van der Waals surface area contributed by atoms with Crippen LogP contribution in [0.5, 0.6) is 0 Å². The molecule has 0 saturated heterocycles. The SMILES string of the molecule is OC12CC3C[C@H](C1)C(NC1CCCCC1)[C@H](C3)C2. The molecule has 0 heterocycles. The molecule has 5 aliphatic rings. The molecule has 2 nitrogen and oxygen atoms in total. The zero-order chi connectivity index (χ0) is 12.2. The Labute approximate surface area is 111 Å². The second-order valence-corrected chi connectivity index (χ2v) is 7.72. The van der Waals surface area contributed by atoms with E-state index in [0.29, 0.717) is 0 Å². The van der Waals surface area contributed by atoms with Crippen molar-refractivity contribution in [2.75, 3.05) is 0 Å². The van der Waals surface area contributed by atoms with E-state index in [-0.39, 0.29) is 5.60 Å². The van der Waals surface area contributed by atoms with Gasteiger partial charge in [0.05, 0.1) is 5.60 Å². The first-order chi connectivity index (χ1) is 8.72. The van der Waals surface area contributed by atoms with Crippen molar-refractivity contribution in [3.05, 3.63) is 0 Å². The van der Waals surface area contributed by atoms with Gasteiger partial charge in [-0.05, 0) is 62.7 Å². The minimum absolute atomic E-state index is 0.263. The predicted octanol–water partition coefficient (Wildman–Crippen LogP) is 2.85. The maximum Gasteiger partial charge on any atom is 0.0657 e. The summed E-state index contributed by atoms with van der Waals surface area (Å²) < 4.78 is 0. The fourth-order valence-electron chi connectivity index (χ4n) is 5.79. The first-order valence-corrected chi connectivity index (χ1v) is 8.20. The summed E-state index contributed by atoms with van der Waals surface area (Å²) in [6, 6.07) is 1.53. The van der Waals surface area contributed by atoms with Crippen LogP contribution in [-0.4, -0.2) is 22.8 Å². The zero-order valence-corrected chi connectivity index (χ0v) is 11.4. The predicted molar refractivity (Wildman–Crippen MR) is 72.3 cm³/mol. The molecule has 0 aromatic carbocycles. The van der Waals surface area contributed by atoms with Crippen molar-refractivity contribution in [3.63, 3.8) is 0 Å². The van der Waals surface area contributed by atoms with E-state index in [0.717, 1.165) is 49.1 Å². The van der Waals surface area contributed by atoms with Crippen LogP contribution in [-0.2, 0) is 0 Å². The van der Waals surface area contributed by atoms with Gasteiger partial charge in [0.2, 0.25) is 0 Å². The summed E-state index contributed by atoms with van der Waals surface area (Å²) in [5, 5.41) is 14.6. The molecule has 0 spiro atoms. The third-order valence-electron chi connectivity index (χ3n) is 6.27. The second-order valence-electron chi connectivity index (χ2n) is 7.72. The molecular weight excluding hydrogens is 222 g/mol. The normalized spacial score (nSPS) is 51.8. The van der Waals surface area contributed by atoms with Crippen LogP contribution in [0.1, 0.15) is 64.2 Å². The lowest BCUT2D eigenvalue weighted by Crippen LogP contribution is -2.62. The molecule has 5 saturated carbocycles. The average molecular weight is 249 g/mol. The molecule has 5 rings (SSSR count). The molecule has 0 radical (unpaired) electrons. The molecule has 0 aromatic heterocycles. The molecule has 0 aliphatic heterocycles. The Morgan fingerprint density at radius 3 is 2.17 bits per heavy atom. The lowest BCUT2D eigenvalue weighted by molar-refractivity contribution is -0.140. The average Bonchev–Trinajstić information content (AvgIpc) is 2.33. The Morgan fingerprint density at radius 1 is 0.889 bits per heavy atom. The van der Waals surface area contributed by atoms with Crippen LogP contribution < -0.4 is 5.32 Å². The topological polar surface area (TPSA) is 32.3 Å². The molecular formula is C16H27NO. The second kappa shape index (κ2) is 4.21. The maximum absolute atomic E-state index is 10.6. The van der Waals surface area contributed by atoms with Gasteiger partial charge >= 0.3 is 0 Å². The molecule has 4 bridgehead atoms. The van der Waals surface area contributed by atoms with Crippen molar-refractivity contribution in [1.82, 2.24) is 5.32 Å². The van der Waals surface area contributed by atoms with Crippen LogP contribution in [0.15, 0.2) is 0 Å². The van der Waals surface area contributed by atoms with Crippen molar-refractivity contribution in [2.45, 2.75) is 81.9 Å². The number of aliphatic hydroxyl groups is 1. The van der Waals surface area contributed by atoms with Gasteiger partial charge in [-0.1, -0.05) is 19.3 Å². The van der Waals surface area contributed by atoms with Crippen LogP contribution in [0.2, 0.25) is 0 Å². The summed E-state index contributed by atoms with van der Waals surface area (Å²) in [5.41, 5.74) is -0.263. The van der Waals surface area contributed by atoms with Crippen molar-refractivity contribution < 1.29 is 5.11 Å². The summed E-state index contributed by atoms with van der Waals surface area (Å²) in [4.78, 5) is 0. The van der Waals surface area contributed by atoms with Gasteiger partial charge in [0.15, 0.2) is 0 Å². The lowest BCUT2D eigenvalue weighted by Gasteiger charge is -2.58. The maximum atomic E-state index is 10.6. The molecule has 5 fully saturated rings. The van der Waals surface area contributed by atoms with Crippen molar-refractivity contribution in [1.29, 1.82) is 0 Å². The molecule has 0 aromatic rings. The van der Waals surface area contributed by atoms with Crippen LogP contribution in [0, 0.1) is 17.8 Å². The molecule has 2 atom stereocenters. The van der Waals surface area contributed by atoms with Gasteiger partial charge in [-0.25, -0.2) is 0 Å². The number of hydrogen-bond acceptors (Lipinski definition) is 2. The number of hydrogen-bond donors (Lipinski definition) is 2. The molecule has 102 valence electrons. The highest BCUT2D eigenvalue weighted by atomic mass is 16.3. The quantitative estimate of drug-likeness (QED) is 0.789. The van der Waals surface area contributed by atoms with Gasteiger partial charge in [0, 0.05) is 12.1 Å². The highest BCUT2D eigenvalue weighted by Crippen LogP contribution is 2.55. The minimum atomic E-state index is -0.263. The van der Waals surface area contributed by atoms with Crippen LogP contribution in [0.3, 0.4) is 0 Å². The van der Waals surface area contributed by atoms with Crippen molar-refractivity contribution in [3.8, 4) is 0 Å². The van der Waals surface area contributed by atoms with Gasteiger partial charge in [-0.3, -0.25) is 0 Å². The van der Waals surface area contributed by atoms with Gasteiger partial charge in [0.1, 0.15) is 0 Å². The monoisotopic (exact) mass is 249 g/mol. The Kier molecular flexibility index (Phi) is 2.74. The van der Waals surface area contributed by atoms with Gasteiger partial charge in [0.25, 0.3) is 0 Å². The summed E-state index contributed by atoms with van der Waals surface area (Å²) in [5.74, 6) is 2.41. The standard InChI is InChI=1S/C16H27NO/c18-16-8-11-6-12(9-16)15(13(7-11)10-16)17-14-4-2-1-3-5-14/h11-15,17-18H,1-10H2/t11?,12-,13-,15?,16?/m1/s1. The highest BCUT2D eigenvalue weighted by molar-refractivity contribution is 5.08. The van der Waals surface area contributed by atoms with Gasteiger partial charge in [-0.15, -0.1) is 0 Å². The van der Waals surface area contributed by atoms with Crippen molar-refractivity contribution in [2.24, 2.45) is 17.8 Å². The van der Waals surface area contributed by atoms with E-state index >= 15 is 0 Å². The largest absolute Gasteiger partial charge is 0.390 e. The third-order valence-corrected chi connectivity index (χ3v) is 6.27. The van der Waals surface area contributed by atoms with Crippen LogP contribution in [0.25, 0.3) is 0 Å². The van der Waals surface area contributed by atoms with Crippen molar-refractivity contribution >= 4 is 0 Å². The summed E-state index contributed by atoms with van der Waals surface area (Å²) in [7, 11) is 0. The molecule has 2 N–H and O–H groups in total. The molecule has 2 heteroatoms. The third kappa shape index (κ3) is 1.92. The van der Waals surface area contributed by atoms with E-state index in [1.807, 2.05) is 0 Å². The Balaban J connectivity index is 1.46. The molecule has 5 aliphatic carbocycles. The van der Waals surface area contributed by atoms with E-state index in [2.05, 4.69) is 5.32 Å². The number of rotatable bonds is 2. The fraction of sp³-hybridized carbons (Fsp3) is 1.00. The van der Waals surface area contributed by atoms with E-state index in [1.165, 1.54) is 44.9 Å². The summed E-state index contributed by atoms with van der Waals surface area (Å²) in [6.45, 7) is 0. The summed E-state index contributed by atoms with van der Waals surface area (Å²) >= 11 is 0. The van der Waals surface area contributed by atoms with E-state index < -0.39 is 0 Å².